The van der Waals surface area contributed by atoms with Gasteiger partial charge in [0.1, 0.15) is 0 Å². The molecule has 3 rings (SSSR count). The van der Waals surface area contributed by atoms with Crippen molar-refractivity contribution in [2.24, 2.45) is 0 Å². The molecule has 0 aromatic carbocycles. The Labute approximate surface area is 111 Å². The van der Waals surface area contributed by atoms with Crippen LogP contribution in [0.15, 0.2) is 5.38 Å². The van der Waals surface area contributed by atoms with Crippen molar-refractivity contribution in [3.63, 3.8) is 0 Å². The summed E-state index contributed by atoms with van der Waals surface area (Å²) in [4.78, 5) is 7.04. The Bertz CT molecular complexity index is 382. The number of rotatable bonds is 2. The predicted molar refractivity (Wildman–Crippen MR) is 71.0 cm³/mol. The van der Waals surface area contributed by atoms with Crippen molar-refractivity contribution >= 4 is 28.1 Å². The van der Waals surface area contributed by atoms with Gasteiger partial charge in [-0.15, -0.1) is 22.9 Å². The minimum atomic E-state index is 0.417. The molecule has 1 saturated heterocycles. The van der Waals surface area contributed by atoms with Crippen LogP contribution in [0.1, 0.15) is 31.4 Å². The fourth-order valence-electron chi connectivity index (χ4n) is 2.82. The highest BCUT2D eigenvalue weighted by Gasteiger charge is 2.35. The van der Waals surface area contributed by atoms with Gasteiger partial charge >= 0.3 is 0 Å². The number of alkyl halides is 1. The lowest BCUT2D eigenvalue weighted by molar-refractivity contribution is -0.00869. The van der Waals surface area contributed by atoms with Gasteiger partial charge in [-0.3, -0.25) is 0 Å². The molecule has 1 aliphatic heterocycles. The van der Waals surface area contributed by atoms with E-state index in [0.717, 1.165) is 24.0 Å². The minimum absolute atomic E-state index is 0.417. The maximum absolute atomic E-state index is 5.88. The van der Waals surface area contributed by atoms with E-state index < -0.39 is 0 Å². The van der Waals surface area contributed by atoms with E-state index in [1.165, 1.54) is 25.7 Å². The van der Waals surface area contributed by atoms with Crippen molar-refractivity contribution in [2.75, 3.05) is 18.1 Å². The van der Waals surface area contributed by atoms with Gasteiger partial charge in [0.15, 0.2) is 5.13 Å². The minimum Gasteiger partial charge on any atom is -0.374 e. The summed E-state index contributed by atoms with van der Waals surface area (Å²) in [6.07, 6.45) is 5.48. The van der Waals surface area contributed by atoms with Gasteiger partial charge in [0.25, 0.3) is 0 Å². The molecule has 0 amide bonds. The average molecular weight is 273 g/mol. The summed E-state index contributed by atoms with van der Waals surface area (Å²) >= 11 is 7.53. The van der Waals surface area contributed by atoms with Crippen LogP contribution in [0.2, 0.25) is 0 Å². The third-order valence-corrected chi connectivity index (χ3v) is 4.85. The molecule has 0 N–H and O–H groups in total. The fourth-order valence-corrected chi connectivity index (χ4v) is 3.96. The van der Waals surface area contributed by atoms with E-state index in [-0.39, 0.29) is 0 Å². The summed E-state index contributed by atoms with van der Waals surface area (Å²) in [5.74, 6) is 0.509. The van der Waals surface area contributed by atoms with Crippen molar-refractivity contribution < 1.29 is 4.74 Å². The zero-order valence-corrected chi connectivity index (χ0v) is 11.3. The number of anilines is 1. The Morgan fingerprint density at radius 1 is 1.47 bits per heavy atom. The smallest absolute Gasteiger partial charge is 0.185 e. The van der Waals surface area contributed by atoms with E-state index >= 15 is 0 Å². The van der Waals surface area contributed by atoms with Crippen molar-refractivity contribution in [2.45, 2.75) is 43.7 Å². The second-order valence-corrected chi connectivity index (χ2v) is 5.81. The number of hydrogen-bond acceptors (Lipinski definition) is 4. The van der Waals surface area contributed by atoms with E-state index in [9.17, 15) is 0 Å². The van der Waals surface area contributed by atoms with Crippen LogP contribution in [0.3, 0.4) is 0 Å². The van der Waals surface area contributed by atoms with Crippen LogP contribution in [0.5, 0.6) is 0 Å². The Morgan fingerprint density at radius 3 is 3.18 bits per heavy atom. The molecule has 1 aromatic rings. The van der Waals surface area contributed by atoms with Crippen LogP contribution < -0.4 is 4.90 Å². The van der Waals surface area contributed by atoms with E-state index in [4.69, 9.17) is 16.3 Å². The fraction of sp³-hybridized carbons (Fsp3) is 0.750. The van der Waals surface area contributed by atoms with Crippen molar-refractivity contribution in [3.8, 4) is 0 Å². The molecule has 0 radical (unpaired) electrons. The number of thiazole rings is 1. The number of ether oxygens (including phenoxy) is 1. The third kappa shape index (κ3) is 2.30. The molecular formula is C12H17ClN2OS. The first-order chi connectivity index (χ1) is 8.38. The average Bonchev–Trinajstić information content (AvgIpc) is 2.87. The molecule has 1 saturated carbocycles. The Balaban J connectivity index is 1.80. The third-order valence-electron chi connectivity index (χ3n) is 3.65. The summed E-state index contributed by atoms with van der Waals surface area (Å²) < 4.78 is 5.88. The molecule has 1 aromatic heterocycles. The number of nitrogens with zero attached hydrogens (tertiary/aromatic N) is 2. The standard InChI is InChI=1S/C12H17ClN2OS/c13-7-9-8-17-12(14-9)15-5-6-16-11-4-2-1-3-10(11)15/h8,10-11H,1-7H2. The largest absolute Gasteiger partial charge is 0.374 e. The van der Waals surface area contributed by atoms with E-state index in [1.807, 2.05) is 0 Å². The zero-order valence-electron chi connectivity index (χ0n) is 9.77. The maximum Gasteiger partial charge on any atom is 0.185 e. The van der Waals surface area contributed by atoms with Gasteiger partial charge in [-0.05, 0) is 12.8 Å². The first kappa shape index (κ1) is 11.8. The van der Waals surface area contributed by atoms with Gasteiger partial charge in [0.05, 0.1) is 30.3 Å². The van der Waals surface area contributed by atoms with Gasteiger partial charge in [0.2, 0.25) is 0 Å². The Hall–Kier alpha value is -0.320. The van der Waals surface area contributed by atoms with E-state index in [2.05, 4.69) is 15.3 Å². The SMILES string of the molecule is ClCc1csc(N2CCOC3CCCCC32)n1. The Morgan fingerprint density at radius 2 is 2.35 bits per heavy atom. The molecule has 94 valence electrons. The molecule has 3 nitrogen and oxygen atoms in total. The van der Waals surface area contributed by atoms with E-state index in [0.29, 0.717) is 18.0 Å². The number of aromatic nitrogens is 1. The molecule has 1 aliphatic carbocycles. The summed E-state index contributed by atoms with van der Waals surface area (Å²) in [5.41, 5.74) is 0.991. The van der Waals surface area contributed by atoms with Crippen molar-refractivity contribution in [3.05, 3.63) is 11.1 Å². The highest BCUT2D eigenvalue weighted by molar-refractivity contribution is 7.13. The molecule has 5 heteroatoms. The normalized spacial score (nSPS) is 29.1. The Kier molecular flexibility index (Phi) is 3.54. The van der Waals surface area contributed by atoms with Crippen LogP contribution in [0.4, 0.5) is 5.13 Å². The molecular weight excluding hydrogens is 256 g/mol. The second kappa shape index (κ2) is 5.12. The highest BCUT2D eigenvalue weighted by Crippen LogP contribution is 2.33. The number of halogens is 1. The first-order valence-corrected chi connectivity index (χ1v) is 7.68. The number of hydrogen-bond donors (Lipinski definition) is 0. The lowest BCUT2D eigenvalue weighted by Gasteiger charge is -2.43. The zero-order chi connectivity index (χ0) is 11.7. The van der Waals surface area contributed by atoms with Gasteiger partial charge in [-0.25, -0.2) is 4.98 Å². The van der Waals surface area contributed by atoms with E-state index in [1.54, 1.807) is 11.3 Å². The molecule has 2 atom stereocenters. The predicted octanol–water partition coefficient (Wildman–Crippen LogP) is 3.03. The molecule has 0 spiro atoms. The molecule has 2 fully saturated rings. The molecule has 17 heavy (non-hydrogen) atoms. The maximum atomic E-state index is 5.88. The lowest BCUT2D eigenvalue weighted by atomic mass is 9.90. The van der Waals surface area contributed by atoms with Crippen LogP contribution in [0.25, 0.3) is 0 Å². The van der Waals surface area contributed by atoms with Crippen molar-refractivity contribution in [1.82, 2.24) is 4.98 Å². The van der Waals surface area contributed by atoms with Gasteiger partial charge in [0, 0.05) is 11.9 Å². The molecule has 0 bridgehead atoms. The quantitative estimate of drug-likeness (QED) is 0.774. The van der Waals surface area contributed by atoms with Crippen LogP contribution in [0, 0.1) is 0 Å². The summed E-state index contributed by atoms with van der Waals surface area (Å²) in [5, 5.41) is 3.19. The van der Waals surface area contributed by atoms with Crippen LogP contribution >= 0.6 is 22.9 Å². The van der Waals surface area contributed by atoms with Gasteiger partial charge < -0.3 is 9.64 Å². The first-order valence-electron chi connectivity index (χ1n) is 6.27. The number of fused-ring (bicyclic) bond motifs is 1. The molecule has 2 aliphatic rings. The molecule has 2 heterocycles. The number of morpholine rings is 1. The van der Waals surface area contributed by atoms with Crippen LogP contribution in [-0.4, -0.2) is 30.3 Å². The topological polar surface area (TPSA) is 25.4 Å². The summed E-state index contributed by atoms with van der Waals surface area (Å²) in [7, 11) is 0. The molecule has 2 unspecified atom stereocenters. The van der Waals surface area contributed by atoms with Gasteiger partial charge in [-0.1, -0.05) is 12.8 Å². The monoisotopic (exact) mass is 272 g/mol. The lowest BCUT2D eigenvalue weighted by Crippen LogP contribution is -2.52. The van der Waals surface area contributed by atoms with Crippen molar-refractivity contribution in [1.29, 1.82) is 0 Å². The second-order valence-electron chi connectivity index (χ2n) is 4.71. The highest BCUT2D eigenvalue weighted by atomic mass is 35.5. The van der Waals surface area contributed by atoms with Gasteiger partial charge in [-0.2, -0.15) is 0 Å². The summed E-state index contributed by atoms with van der Waals surface area (Å²) in [6.45, 7) is 1.80. The summed E-state index contributed by atoms with van der Waals surface area (Å²) in [6, 6.07) is 0.534. The van der Waals surface area contributed by atoms with Crippen LogP contribution in [-0.2, 0) is 10.6 Å².